The fourth-order valence-electron chi connectivity index (χ4n) is 2.36. The molecule has 2 aromatic heterocycles. The number of nitrogens with two attached hydrogens (primary N) is 1. The summed E-state index contributed by atoms with van der Waals surface area (Å²) in [6, 6.07) is 3.95. The summed E-state index contributed by atoms with van der Waals surface area (Å²) in [5.74, 6) is 1.44. The number of rotatable bonds is 3. The van der Waals surface area contributed by atoms with Gasteiger partial charge in [-0.25, -0.2) is 4.98 Å². The Balaban J connectivity index is 2.01. The fraction of sp³-hybridized carbons (Fsp3) is 0.308. The van der Waals surface area contributed by atoms with Crippen LogP contribution in [-0.2, 0) is 19.9 Å². The van der Waals surface area contributed by atoms with Crippen LogP contribution in [0.2, 0.25) is 0 Å². The first kappa shape index (κ1) is 12.1. The van der Waals surface area contributed by atoms with Crippen molar-refractivity contribution in [2.75, 3.05) is 5.32 Å². The third kappa shape index (κ3) is 2.31. The molecule has 2 heterocycles. The predicted octanol–water partition coefficient (Wildman–Crippen LogP) is 1.68. The van der Waals surface area contributed by atoms with Crippen LogP contribution in [0.25, 0.3) is 0 Å². The third-order valence-electron chi connectivity index (χ3n) is 3.28. The Bertz CT molecular complexity index is 646. The number of hydrogen-bond donors (Lipinski definition) is 2. The van der Waals surface area contributed by atoms with Crippen LogP contribution in [-0.4, -0.2) is 19.8 Å². The Kier molecular flexibility index (Phi) is 2.94. The molecule has 3 N–H and O–H groups in total. The second kappa shape index (κ2) is 4.62. The zero-order valence-corrected chi connectivity index (χ0v) is 11.5. The molecule has 5 nitrogen and oxygen atoms in total. The average Bonchev–Trinajstić information content (AvgIpc) is 2.96. The Morgan fingerprint density at radius 1 is 1.47 bits per heavy atom. The molecule has 0 unspecified atom stereocenters. The number of aromatic nitrogens is 3. The molecule has 0 aromatic carbocycles. The van der Waals surface area contributed by atoms with Crippen molar-refractivity contribution in [3.63, 3.8) is 0 Å². The van der Waals surface area contributed by atoms with E-state index >= 15 is 0 Å². The maximum Gasteiger partial charge on any atom is 0.153 e. The highest BCUT2D eigenvalue weighted by Gasteiger charge is 2.18. The molecule has 6 heteroatoms. The lowest BCUT2D eigenvalue weighted by Gasteiger charge is -2.11. The highest BCUT2D eigenvalue weighted by atomic mass is 32.1. The first-order chi connectivity index (χ1) is 9.13. The Morgan fingerprint density at radius 3 is 3.00 bits per heavy atom. The molecule has 0 aliphatic heterocycles. The number of hydrogen-bond acceptors (Lipinski definition) is 4. The quantitative estimate of drug-likeness (QED) is 0.833. The number of nitrogens with one attached hydrogen (secondary N) is 1. The molecule has 98 valence electrons. The third-order valence-corrected chi connectivity index (χ3v) is 3.50. The molecule has 2 aromatic rings. The number of aryl methyl sites for hydroxylation is 3. The second-order valence-electron chi connectivity index (χ2n) is 4.71. The lowest BCUT2D eigenvalue weighted by atomic mass is 10.1. The van der Waals surface area contributed by atoms with Crippen molar-refractivity contribution in [2.45, 2.75) is 19.3 Å². The van der Waals surface area contributed by atoms with Gasteiger partial charge in [0, 0.05) is 25.0 Å². The van der Waals surface area contributed by atoms with Gasteiger partial charge >= 0.3 is 0 Å². The van der Waals surface area contributed by atoms with Gasteiger partial charge in [-0.1, -0.05) is 12.2 Å². The lowest BCUT2D eigenvalue weighted by molar-refractivity contribution is 0.771. The van der Waals surface area contributed by atoms with E-state index in [2.05, 4.69) is 21.5 Å². The highest BCUT2D eigenvalue weighted by molar-refractivity contribution is 7.80. The molecule has 0 atom stereocenters. The smallest absolute Gasteiger partial charge is 0.153 e. The van der Waals surface area contributed by atoms with Crippen LogP contribution in [0, 0.1) is 0 Å². The molecule has 3 rings (SSSR count). The van der Waals surface area contributed by atoms with E-state index in [1.807, 2.05) is 19.3 Å². The minimum atomic E-state index is 0.362. The first-order valence-corrected chi connectivity index (χ1v) is 6.63. The van der Waals surface area contributed by atoms with Gasteiger partial charge in [-0.15, -0.1) is 0 Å². The van der Waals surface area contributed by atoms with Gasteiger partial charge in [0.1, 0.15) is 10.8 Å². The molecule has 0 amide bonds. The molecule has 0 saturated heterocycles. The van der Waals surface area contributed by atoms with Crippen LogP contribution >= 0.6 is 12.2 Å². The number of thiocarbonyl (C=S) groups is 1. The molecule has 1 aliphatic carbocycles. The number of fused-ring (bicyclic) bond motifs is 1. The van der Waals surface area contributed by atoms with Crippen LogP contribution < -0.4 is 11.1 Å². The van der Waals surface area contributed by atoms with Crippen LogP contribution in [0.3, 0.4) is 0 Å². The van der Waals surface area contributed by atoms with Gasteiger partial charge in [0.15, 0.2) is 5.82 Å². The monoisotopic (exact) mass is 273 g/mol. The molecule has 0 radical (unpaired) electrons. The fourth-order valence-corrected chi connectivity index (χ4v) is 2.51. The maximum absolute atomic E-state index is 5.79. The molecule has 1 aliphatic rings. The number of pyridine rings is 1. The van der Waals surface area contributed by atoms with Crippen LogP contribution in [0.4, 0.5) is 11.6 Å². The molecule has 0 saturated carbocycles. The number of anilines is 2. The van der Waals surface area contributed by atoms with Crippen molar-refractivity contribution < 1.29 is 0 Å². The van der Waals surface area contributed by atoms with Gasteiger partial charge < -0.3 is 11.1 Å². The van der Waals surface area contributed by atoms with E-state index in [1.165, 1.54) is 5.56 Å². The first-order valence-electron chi connectivity index (χ1n) is 6.23. The van der Waals surface area contributed by atoms with Crippen LogP contribution in [0.15, 0.2) is 18.3 Å². The maximum atomic E-state index is 5.79. The zero-order valence-electron chi connectivity index (χ0n) is 10.7. The van der Waals surface area contributed by atoms with E-state index in [4.69, 9.17) is 18.0 Å². The summed E-state index contributed by atoms with van der Waals surface area (Å²) in [6.45, 7) is 0. The molecule has 0 bridgehead atoms. The molecular weight excluding hydrogens is 258 g/mol. The highest BCUT2D eigenvalue weighted by Crippen LogP contribution is 2.26. The van der Waals surface area contributed by atoms with Gasteiger partial charge in [0.05, 0.1) is 5.56 Å². The minimum Gasteiger partial charge on any atom is -0.389 e. The summed E-state index contributed by atoms with van der Waals surface area (Å²) in [5.41, 5.74) is 8.98. The van der Waals surface area contributed by atoms with Gasteiger partial charge in [-0.05, 0) is 30.9 Å². The summed E-state index contributed by atoms with van der Waals surface area (Å²) in [7, 11) is 1.87. The summed E-state index contributed by atoms with van der Waals surface area (Å²) in [6.07, 6.45) is 5.09. The minimum absolute atomic E-state index is 0.362. The summed E-state index contributed by atoms with van der Waals surface area (Å²) >= 11 is 5.11. The predicted molar refractivity (Wildman–Crippen MR) is 78.6 cm³/mol. The normalized spacial score (nSPS) is 13.3. The standard InChI is InChI=1S/C13H15N5S/c1-18-6-5-11(17-18)16-13-9(12(14)19)7-8-3-2-4-10(8)15-13/h5-7H,2-4H2,1H3,(H2,14,19)(H,15,16,17). The second-order valence-corrected chi connectivity index (χ2v) is 5.15. The molecule has 0 fully saturated rings. The molecule has 19 heavy (non-hydrogen) atoms. The van der Waals surface area contributed by atoms with Crippen LogP contribution in [0.5, 0.6) is 0 Å². The average molecular weight is 273 g/mol. The van der Waals surface area contributed by atoms with Crippen molar-refractivity contribution >= 4 is 28.8 Å². The lowest BCUT2D eigenvalue weighted by Crippen LogP contribution is -2.14. The Hall–Kier alpha value is -1.95. The number of nitrogens with zero attached hydrogens (tertiary/aromatic N) is 3. The molecular formula is C13H15N5S. The summed E-state index contributed by atoms with van der Waals surface area (Å²) in [4.78, 5) is 5.01. The van der Waals surface area contributed by atoms with Gasteiger partial charge in [0.2, 0.25) is 0 Å². The van der Waals surface area contributed by atoms with Crippen molar-refractivity contribution in [1.82, 2.24) is 14.8 Å². The van der Waals surface area contributed by atoms with E-state index in [1.54, 1.807) is 4.68 Å². The van der Waals surface area contributed by atoms with E-state index < -0.39 is 0 Å². The van der Waals surface area contributed by atoms with Crippen molar-refractivity contribution in [1.29, 1.82) is 0 Å². The van der Waals surface area contributed by atoms with E-state index in [9.17, 15) is 0 Å². The topological polar surface area (TPSA) is 68.8 Å². The summed E-state index contributed by atoms with van der Waals surface area (Å²) in [5, 5.41) is 7.48. The van der Waals surface area contributed by atoms with Crippen molar-refractivity contribution in [3.8, 4) is 0 Å². The van der Waals surface area contributed by atoms with Gasteiger partial charge in [0.25, 0.3) is 0 Å². The van der Waals surface area contributed by atoms with Crippen LogP contribution in [0.1, 0.15) is 23.2 Å². The van der Waals surface area contributed by atoms with Gasteiger partial charge in [-0.2, -0.15) is 5.10 Å². The van der Waals surface area contributed by atoms with Gasteiger partial charge in [-0.3, -0.25) is 4.68 Å². The SMILES string of the molecule is Cn1ccc(Nc2nc3c(cc2C(N)=S)CCC3)n1. The van der Waals surface area contributed by atoms with E-state index in [0.29, 0.717) is 10.8 Å². The Morgan fingerprint density at radius 2 is 2.32 bits per heavy atom. The van der Waals surface area contributed by atoms with E-state index in [-0.39, 0.29) is 0 Å². The Labute approximate surface area is 116 Å². The van der Waals surface area contributed by atoms with E-state index in [0.717, 1.165) is 36.3 Å². The van der Waals surface area contributed by atoms with Crippen molar-refractivity contribution in [3.05, 3.63) is 35.2 Å². The zero-order chi connectivity index (χ0) is 13.4. The molecule has 0 spiro atoms. The van der Waals surface area contributed by atoms with Crippen molar-refractivity contribution in [2.24, 2.45) is 12.8 Å². The summed E-state index contributed by atoms with van der Waals surface area (Å²) < 4.78 is 1.73. The largest absolute Gasteiger partial charge is 0.389 e.